The number of nitrogens with one attached hydrogen (secondary N) is 1. The molecule has 0 radical (unpaired) electrons. The summed E-state index contributed by atoms with van der Waals surface area (Å²) in [6, 6.07) is 15.5. The number of carbonyl (C=O) groups is 1. The minimum atomic E-state index is -0.390. The molecule has 0 aliphatic rings. The lowest BCUT2D eigenvalue weighted by Gasteiger charge is -1.99. The van der Waals surface area contributed by atoms with E-state index in [1.54, 1.807) is 6.07 Å². The van der Waals surface area contributed by atoms with Crippen LogP contribution in [0.2, 0.25) is 0 Å². The van der Waals surface area contributed by atoms with Gasteiger partial charge in [-0.3, -0.25) is 0 Å². The number of ether oxygens (including phenoxy) is 1. The van der Waals surface area contributed by atoms with Gasteiger partial charge in [0.25, 0.3) is 0 Å². The van der Waals surface area contributed by atoms with Gasteiger partial charge >= 0.3 is 5.97 Å². The lowest BCUT2D eigenvalue weighted by Crippen LogP contribution is -2.00. The van der Waals surface area contributed by atoms with Crippen molar-refractivity contribution < 1.29 is 9.53 Å². The molecule has 0 amide bonds. The molecule has 1 aromatic carbocycles. The zero-order chi connectivity index (χ0) is 13.2. The number of fused-ring (bicyclic) bond motifs is 1. The summed E-state index contributed by atoms with van der Waals surface area (Å²) in [5, 5.41) is 0. The fraction of sp³-hybridized carbons (Fsp3) is 0.0667. The molecule has 0 aliphatic heterocycles. The number of carbonyl (C=O) groups excluding carboxylic acids is 1. The zero-order valence-corrected chi connectivity index (χ0v) is 10.4. The number of hydrogen-bond donors (Lipinski definition) is 1. The second-order valence-electron chi connectivity index (χ2n) is 4.17. The zero-order valence-electron chi connectivity index (χ0n) is 10.4. The van der Waals surface area contributed by atoms with Gasteiger partial charge in [-0.05, 0) is 18.2 Å². The minimum Gasteiger partial charge on any atom is -0.464 e. The van der Waals surface area contributed by atoms with Crippen molar-refractivity contribution in [1.29, 1.82) is 0 Å². The van der Waals surface area contributed by atoms with E-state index in [1.807, 2.05) is 42.5 Å². The van der Waals surface area contributed by atoms with Gasteiger partial charge in [-0.15, -0.1) is 0 Å². The fourth-order valence-electron chi connectivity index (χ4n) is 2.00. The Hall–Kier alpha value is -2.62. The van der Waals surface area contributed by atoms with Crippen LogP contribution in [0.5, 0.6) is 0 Å². The van der Waals surface area contributed by atoms with Gasteiger partial charge in [-0.2, -0.15) is 0 Å². The smallest absolute Gasteiger partial charge is 0.354 e. The van der Waals surface area contributed by atoms with Crippen molar-refractivity contribution in [3.63, 3.8) is 0 Å². The number of hydrogen-bond acceptors (Lipinski definition) is 3. The van der Waals surface area contributed by atoms with Gasteiger partial charge in [0.1, 0.15) is 5.69 Å². The highest BCUT2D eigenvalue weighted by atomic mass is 16.5. The normalized spacial score (nSPS) is 10.6. The Morgan fingerprint density at radius 3 is 2.68 bits per heavy atom. The molecule has 3 aromatic rings. The molecule has 1 N–H and O–H groups in total. The quantitative estimate of drug-likeness (QED) is 0.713. The van der Waals surface area contributed by atoms with E-state index in [0.717, 1.165) is 22.3 Å². The number of H-pyrrole nitrogens is 1. The van der Waals surface area contributed by atoms with Crippen molar-refractivity contribution in [3.05, 3.63) is 54.2 Å². The maximum Gasteiger partial charge on any atom is 0.354 e. The van der Waals surface area contributed by atoms with Crippen LogP contribution in [0.3, 0.4) is 0 Å². The highest BCUT2D eigenvalue weighted by Gasteiger charge is 2.10. The van der Waals surface area contributed by atoms with Crippen LogP contribution in [-0.2, 0) is 4.74 Å². The van der Waals surface area contributed by atoms with E-state index < -0.39 is 0 Å². The second kappa shape index (κ2) is 4.57. The van der Waals surface area contributed by atoms with Crippen molar-refractivity contribution in [2.24, 2.45) is 0 Å². The Bertz CT molecular complexity index is 732. The molecule has 0 bridgehead atoms. The molecule has 0 aliphatic carbocycles. The van der Waals surface area contributed by atoms with Crippen LogP contribution in [0.15, 0.2) is 48.5 Å². The highest BCUT2D eigenvalue weighted by molar-refractivity contribution is 5.94. The van der Waals surface area contributed by atoms with Crippen molar-refractivity contribution in [1.82, 2.24) is 9.97 Å². The van der Waals surface area contributed by atoms with Gasteiger partial charge in [0.15, 0.2) is 0 Å². The van der Waals surface area contributed by atoms with Crippen molar-refractivity contribution in [2.75, 3.05) is 7.11 Å². The summed E-state index contributed by atoms with van der Waals surface area (Å²) in [6.07, 6.45) is 0. The molecule has 0 unspecified atom stereocenters. The molecule has 2 heterocycles. The second-order valence-corrected chi connectivity index (χ2v) is 4.17. The number of rotatable bonds is 2. The van der Waals surface area contributed by atoms with E-state index >= 15 is 0 Å². The molecular weight excluding hydrogens is 240 g/mol. The Kier molecular flexibility index (Phi) is 2.76. The number of esters is 1. The third-order valence-electron chi connectivity index (χ3n) is 2.95. The molecule has 0 saturated heterocycles. The molecule has 19 heavy (non-hydrogen) atoms. The molecule has 0 saturated carbocycles. The highest BCUT2D eigenvalue weighted by Crippen LogP contribution is 2.21. The van der Waals surface area contributed by atoms with Gasteiger partial charge in [0, 0.05) is 5.56 Å². The summed E-state index contributed by atoms with van der Waals surface area (Å²) in [7, 11) is 1.36. The lowest BCUT2D eigenvalue weighted by molar-refractivity contribution is 0.0595. The molecular formula is C15H12N2O2. The van der Waals surface area contributed by atoms with Crippen LogP contribution >= 0.6 is 0 Å². The largest absolute Gasteiger partial charge is 0.464 e. The number of benzene rings is 1. The number of methoxy groups -OCH3 is 1. The average molecular weight is 252 g/mol. The third kappa shape index (κ3) is 2.08. The fourth-order valence-corrected chi connectivity index (χ4v) is 2.00. The van der Waals surface area contributed by atoms with Crippen LogP contribution in [0.1, 0.15) is 10.5 Å². The molecule has 0 fully saturated rings. The maximum atomic E-state index is 11.5. The monoisotopic (exact) mass is 252 g/mol. The van der Waals surface area contributed by atoms with Gasteiger partial charge in [-0.1, -0.05) is 30.3 Å². The molecule has 94 valence electrons. The van der Waals surface area contributed by atoms with Crippen molar-refractivity contribution >= 4 is 17.0 Å². The van der Waals surface area contributed by atoms with E-state index in [4.69, 9.17) is 0 Å². The standard InChI is InChI=1S/C15H12N2O2/c1-19-15(18)14-9-13-12(17-14)8-7-11(16-13)10-5-3-2-4-6-10/h2-9,17H,1H3. The van der Waals surface area contributed by atoms with Crippen LogP contribution in [0.4, 0.5) is 0 Å². The Morgan fingerprint density at radius 2 is 1.95 bits per heavy atom. The summed E-state index contributed by atoms with van der Waals surface area (Å²) in [5.74, 6) is -0.390. The molecule has 0 atom stereocenters. The summed E-state index contributed by atoms with van der Waals surface area (Å²) in [5.41, 5.74) is 3.91. The minimum absolute atomic E-state index is 0.390. The molecule has 2 aromatic heterocycles. The SMILES string of the molecule is COC(=O)c1cc2nc(-c3ccccc3)ccc2[nH]1. The summed E-state index contributed by atoms with van der Waals surface area (Å²) >= 11 is 0. The van der Waals surface area contributed by atoms with Crippen molar-refractivity contribution in [2.45, 2.75) is 0 Å². The summed E-state index contributed by atoms with van der Waals surface area (Å²) in [6.45, 7) is 0. The van der Waals surface area contributed by atoms with Gasteiger partial charge in [-0.25, -0.2) is 9.78 Å². The van der Waals surface area contributed by atoms with E-state index in [-0.39, 0.29) is 5.97 Å². The lowest BCUT2D eigenvalue weighted by atomic mass is 10.1. The van der Waals surface area contributed by atoms with Gasteiger partial charge < -0.3 is 9.72 Å². The van der Waals surface area contributed by atoms with Gasteiger partial charge in [0.2, 0.25) is 0 Å². The molecule has 0 spiro atoms. The van der Waals surface area contributed by atoms with Crippen molar-refractivity contribution in [3.8, 4) is 11.3 Å². The van der Waals surface area contributed by atoms with Crippen LogP contribution in [-0.4, -0.2) is 23.0 Å². The van der Waals surface area contributed by atoms with E-state index in [2.05, 4.69) is 14.7 Å². The van der Waals surface area contributed by atoms with E-state index in [0.29, 0.717) is 5.69 Å². The molecule has 3 rings (SSSR count). The number of pyridine rings is 1. The third-order valence-corrected chi connectivity index (χ3v) is 2.95. The van der Waals surface area contributed by atoms with Crippen LogP contribution in [0.25, 0.3) is 22.3 Å². The first-order chi connectivity index (χ1) is 9.28. The number of nitrogens with zero attached hydrogens (tertiary/aromatic N) is 1. The van der Waals surface area contributed by atoms with Crippen LogP contribution in [0, 0.1) is 0 Å². The Morgan fingerprint density at radius 1 is 1.16 bits per heavy atom. The summed E-state index contributed by atoms with van der Waals surface area (Å²) < 4.78 is 4.68. The first-order valence-electron chi connectivity index (χ1n) is 5.91. The Labute approximate surface area is 110 Å². The predicted molar refractivity (Wildman–Crippen MR) is 72.9 cm³/mol. The topological polar surface area (TPSA) is 55.0 Å². The van der Waals surface area contributed by atoms with Gasteiger partial charge in [0.05, 0.1) is 23.8 Å². The maximum absolute atomic E-state index is 11.5. The summed E-state index contributed by atoms with van der Waals surface area (Å²) in [4.78, 5) is 19.0. The molecule has 4 nitrogen and oxygen atoms in total. The number of aromatic amines is 1. The van der Waals surface area contributed by atoms with Crippen LogP contribution < -0.4 is 0 Å². The predicted octanol–water partition coefficient (Wildman–Crippen LogP) is 3.02. The van der Waals surface area contributed by atoms with E-state index in [1.165, 1.54) is 7.11 Å². The first-order valence-corrected chi connectivity index (χ1v) is 5.91. The average Bonchev–Trinajstić information content (AvgIpc) is 2.90. The first kappa shape index (κ1) is 11.5. The number of aromatic nitrogens is 2. The Balaban J connectivity index is 2.09. The van der Waals surface area contributed by atoms with E-state index in [9.17, 15) is 4.79 Å². The molecule has 4 heteroatoms.